The zero-order chi connectivity index (χ0) is 18.5. The maximum Gasteiger partial charge on any atom is 0.317 e. The molecule has 0 spiro atoms. The van der Waals surface area contributed by atoms with Crippen molar-refractivity contribution >= 4 is 6.03 Å². The molecule has 2 aromatic rings. The lowest BCUT2D eigenvalue weighted by Crippen LogP contribution is -2.41. The van der Waals surface area contributed by atoms with Gasteiger partial charge in [-0.2, -0.15) is 5.10 Å². The summed E-state index contributed by atoms with van der Waals surface area (Å²) in [4.78, 5) is 13.9. The molecule has 1 atom stereocenters. The summed E-state index contributed by atoms with van der Waals surface area (Å²) in [6, 6.07) is 7.55. The van der Waals surface area contributed by atoms with E-state index in [1.165, 1.54) is 5.56 Å². The molecule has 1 aromatic carbocycles. The summed E-state index contributed by atoms with van der Waals surface area (Å²) in [7, 11) is 1.80. The number of carbonyl (C=O) groups excluding carboxylic acids is 1. The quantitative estimate of drug-likeness (QED) is 0.831. The minimum atomic E-state index is -0.0825. The highest BCUT2D eigenvalue weighted by atomic mass is 16.6. The zero-order valence-corrected chi connectivity index (χ0v) is 15.5. The Balaban J connectivity index is 1.39. The van der Waals surface area contributed by atoms with Gasteiger partial charge >= 0.3 is 6.03 Å². The number of aromatic amines is 1. The fourth-order valence-corrected chi connectivity index (χ4v) is 3.00. The van der Waals surface area contributed by atoms with Crippen molar-refractivity contribution < 1.29 is 14.3 Å². The van der Waals surface area contributed by atoms with Crippen LogP contribution in [0.2, 0.25) is 0 Å². The normalized spacial score (nSPS) is 15.6. The summed E-state index contributed by atoms with van der Waals surface area (Å²) >= 11 is 0. The number of para-hydroxylation sites is 2. The lowest BCUT2D eigenvalue weighted by molar-refractivity contribution is 0.0850. The number of urea groups is 1. The number of nitrogens with one attached hydrogen (secondary N) is 2. The third-order valence-corrected chi connectivity index (χ3v) is 4.63. The van der Waals surface area contributed by atoms with Gasteiger partial charge in [-0.3, -0.25) is 5.10 Å². The topological polar surface area (TPSA) is 79.5 Å². The van der Waals surface area contributed by atoms with Crippen molar-refractivity contribution in [2.24, 2.45) is 0 Å². The van der Waals surface area contributed by atoms with Crippen LogP contribution in [0.3, 0.4) is 0 Å². The summed E-state index contributed by atoms with van der Waals surface area (Å²) in [6.07, 6.45) is 1.44. The Hall–Kier alpha value is -2.70. The SMILES string of the molecule is Cc1n[nH]c(C)c1CCN(C)C(=O)NCC[C@@H]1COc2ccccc2O1. The Kier molecular flexibility index (Phi) is 5.65. The van der Waals surface area contributed by atoms with Crippen molar-refractivity contribution in [3.8, 4) is 11.5 Å². The fraction of sp³-hybridized carbons (Fsp3) is 0.474. The van der Waals surface area contributed by atoms with E-state index in [9.17, 15) is 4.79 Å². The number of amides is 2. The Morgan fingerprint density at radius 3 is 2.85 bits per heavy atom. The molecule has 0 saturated heterocycles. The molecule has 140 valence electrons. The van der Waals surface area contributed by atoms with E-state index in [1.807, 2.05) is 38.1 Å². The third-order valence-electron chi connectivity index (χ3n) is 4.63. The van der Waals surface area contributed by atoms with Crippen LogP contribution in [0.25, 0.3) is 0 Å². The first-order valence-corrected chi connectivity index (χ1v) is 8.92. The lowest BCUT2D eigenvalue weighted by Gasteiger charge is -2.26. The molecule has 7 nitrogen and oxygen atoms in total. The van der Waals surface area contributed by atoms with Crippen LogP contribution in [0.15, 0.2) is 24.3 Å². The third kappa shape index (κ3) is 4.28. The highest BCUT2D eigenvalue weighted by Gasteiger charge is 2.20. The summed E-state index contributed by atoms with van der Waals surface area (Å²) in [5.74, 6) is 1.54. The number of hydrogen-bond acceptors (Lipinski definition) is 4. The average molecular weight is 358 g/mol. The van der Waals surface area contributed by atoms with E-state index in [0.717, 1.165) is 29.3 Å². The van der Waals surface area contributed by atoms with Gasteiger partial charge in [0.2, 0.25) is 0 Å². The van der Waals surface area contributed by atoms with Crippen molar-refractivity contribution in [3.63, 3.8) is 0 Å². The van der Waals surface area contributed by atoms with Crippen LogP contribution >= 0.6 is 0 Å². The zero-order valence-electron chi connectivity index (χ0n) is 15.5. The Morgan fingerprint density at radius 1 is 1.35 bits per heavy atom. The van der Waals surface area contributed by atoms with Crippen LogP contribution < -0.4 is 14.8 Å². The molecule has 1 aliphatic heterocycles. The van der Waals surface area contributed by atoms with E-state index in [4.69, 9.17) is 9.47 Å². The van der Waals surface area contributed by atoms with Gasteiger partial charge in [-0.15, -0.1) is 0 Å². The molecule has 0 saturated carbocycles. The van der Waals surface area contributed by atoms with E-state index in [1.54, 1.807) is 11.9 Å². The first-order chi connectivity index (χ1) is 12.5. The molecule has 7 heteroatoms. The maximum absolute atomic E-state index is 12.2. The average Bonchev–Trinajstić information content (AvgIpc) is 2.97. The van der Waals surface area contributed by atoms with E-state index in [0.29, 0.717) is 26.1 Å². The Labute approximate surface area is 153 Å². The Morgan fingerprint density at radius 2 is 2.12 bits per heavy atom. The molecule has 0 unspecified atom stereocenters. The maximum atomic E-state index is 12.2. The van der Waals surface area contributed by atoms with Crippen molar-refractivity contribution in [3.05, 3.63) is 41.2 Å². The monoisotopic (exact) mass is 358 g/mol. The number of likely N-dealkylation sites (N-methyl/N-ethyl adjacent to an activating group) is 1. The number of aromatic nitrogens is 2. The lowest BCUT2D eigenvalue weighted by atomic mass is 10.1. The number of carbonyl (C=O) groups is 1. The predicted molar refractivity (Wildman–Crippen MR) is 98.8 cm³/mol. The molecular formula is C19H26N4O3. The number of aryl methyl sites for hydroxylation is 2. The van der Waals surface area contributed by atoms with Gasteiger partial charge in [0.15, 0.2) is 11.5 Å². The highest BCUT2D eigenvalue weighted by Crippen LogP contribution is 2.31. The first kappa shape index (κ1) is 18.1. The molecule has 2 amide bonds. The largest absolute Gasteiger partial charge is 0.486 e. The number of ether oxygens (including phenoxy) is 2. The summed E-state index contributed by atoms with van der Waals surface area (Å²) in [5, 5.41) is 10.1. The second-order valence-electron chi connectivity index (χ2n) is 6.60. The van der Waals surface area contributed by atoms with Crippen molar-refractivity contribution in [1.82, 2.24) is 20.4 Å². The van der Waals surface area contributed by atoms with Crippen LogP contribution in [0.1, 0.15) is 23.4 Å². The van der Waals surface area contributed by atoms with Gasteiger partial charge in [-0.1, -0.05) is 12.1 Å². The van der Waals surface area contributed by atoms with E-state index < -0.39 is 0 Å². The number of H-pyrrole nitrogens is 1. The van der Waals surface area contributed by atoms with Gasteiger partial charge in [0.05, 0.1) is 5.69 Å². The number of benzene rings is 1. The van der Waals surface area contributed by atoms with Gasteiger partial charge in [-0.25, -0.2) is 4.79 Å². The molecule has 2 heterocycles. The second kappa shape index (κ2) is 8.12. The molecule has 1 aliphatic rings. The molecular weight excluding hydrogens is 332 g/mol. The van der Waals surface area contributed by atoms with E-state index in [-0.39, 0.29) is 12.1 Å². The van der Waals surface area contributed by atoms with Crippen molar-refractivity contribution in [1.29, 1.82) is 0 Å². The second-order valence-corrected chi connectivity index (χ2v) is 6.60. The van der Waals surface area contributed by atoms with Crippen molar-refractivity contribution in [2.45, 2.75) is 32.8 Å². The first-order valence-electron chi connectivity index (χ1n) is 8.92. The molecule has 0 fully saturated rings. The predicted octanol–water partition coefficient (Wildman–Crippen LogP) is 2.44. The van der Waals surface area contributed by atoms with Gasteiger partial charge in [0.1, 0.15) is 12.7 Å². The van der Waals surface area contributed by atoms with Crippen molar-refractivity contribution in [2.75, 3.05) is 26.7 Å². The van der Waals surface area contributed by atoms with Gasteiger partial charge in [-0.05, 0) is 38.0 Å². The minimum absolute atomic E-state index is 0.0493. The summed E-state index contributed by atoms with van der Waals surface area (Å²) in [5.41, 5.74) is 3.23. The molecule has 26 heavy (non-hydrogen) atoms. The molecule has 3 rings (SSSR count). The number of hydrogen-bond donors (Lipinski definition) is 2. The smallest absolute Gasteiger partial charge is 0.317 e. The fourth-order valence-electron chi connectivity index (χ4n) is 3.00. The van der Waals surface area contributed by atoms with Crippen LogP contribution in [0, 0.1) is 13.8 Å². The molecule has 1 aromatic heterocycles. The van der Waals surface area contributed by atoms with Crippen LogP contribution in [0.4, 0.5) is 4.79 Å². The number of fused-ring (bicyclic) bond motifs is 1. The summed E-state index contributed by atoms with van der Waals surface area (Å²) in [6.45, 7) is 5.66. The Bertz CT molecular complexity index is 739. The molecule has 0 bridgehead atoms. The van der Waals surface area contributed by atoms with Gasteiger partial charge in [0.25, 0.3) is 0 Å². The molecule has 2 N–H and O–H groups in total. The number of rotatable bonds is 6. The standard InChI is InChI=1S/C19H26N4O3/c1-13-16(14(2)22-21-13)9-11-23(3)19(24)20-10-8-15-12-25-17-6-4-5-7-18(17)26-15/h4-7,15H,8-12H2,1-3H3,(H,20,24)(H,21,22)/t15-/m1/s1. The van der Waals surface area contributed by atoms with Gasteiger partial charge < -0.3 is 19.7 Å². The van der Waals surface area contributed by atoms with Crippen LogP contribution in [-0.4, -0.2) is 54.0 Å². The van der Waals surface area contributed by atoms with Crippen LogP contribution in [0.5, 0.6) is 11.5 Å². The molecule has 0 radical (unpaired) electrons. The van der Waals surface area contributed by atoms with Crippen LogP contribution in [-0.2, 0) is 6.42 Å². The minimum Gasteiger partial charge on any atom is -0.486 e. The highest BCUT2D eigenvalue weighted by molar-refractivity contribution is 5.73. The van der Waals surface area contributed by atoms with Gasteiger partial charge in [0, 0.05) is 32.3 Å². The number of nitrogens with zero attached hydrogens (tertiary/aromatic N) is 2. The van der Waals surface area contributed by atoms with E-state index in [2.05, 4.69) is 15.5 Å². The molecule has 0 aliphatic carbocycles. The summed E-state index contributed by atoms with van der Waals surface area (Å²) < 4.78 is 11.6. The van der Waals surface area contributed by atoms with E-state index >= 15 is 0 Å².